The first kappa shape index (κ1) is 15.5. The van der Waals surface area contributed by atoms with Crippen molar-refractivity contribution in [2.75, 3.05) is 13.6 Å². The molecule has 0 aromatic heterocycles. The first-order chi connectivity index (χ1) is 10.0. The van der Waals surface area contributed by atoms with Gasteiger partial charge in [-0.3, -0.25) is 0 Å². The van der Waals surface area contributed by atoms with Gasteiger partial charge in [-0.05, 0) is 36.9 Å². The fourth-order valence-electron chi connectivity index (χ4n) is 1.82. The summed E-state index contributed by atoms with van der Waals surface area (Å²) in [5.74, 6) is 0.208. The van der Waals surface area contributed by atoms with Gasteiger partial charge < -0.3 is 14.6 Å². The fourth-order valence-corrected chi connectivity index (χ4v) is 2.77. The summed E-state index contributed by atoms with van der Waals surface area (Å²) >= 11 is 0. The molecule has 0 amide bonds. The molecule has 0 heterocycles. The van der Waals surface area contributed by atoms with E-state index in [1.165, 1.54) is 24.3 Å². The van der Waals surface area contributed by atoms with Crippen molar-refractivity contribution in [2.24, 2.45) is 0 Å². The lowest BCUT2D eigenvalue weighted by atomic mass is 10.1. The van der Waals surface area contributed by atoms with Gasteiger partial charge in [-0.2, -0.15) is 8.42 Å². The molecule has 0 aliphatic rings. The highest BCUT2D eigenvalue weighted by Crippen LogP contribution is 2.21. The predicted molar refractivity (Wildman–Crippen MR) is 79.6 cm³/mol. The summed E-state index contributed by atoms with van der Waals surface area (Å²) in [7, 11) is -2.09. The molecule has 2 aromatic carbocycles. The predicted octanol–water partition coefficient (Wildman–Crippen LogP) is 1.71. The molecule has 5 nitrogen and oxygen atoms in total. The Morgan fingerprint density at radius 2 is 1.71 bits per heavy atom. The van der Waals surface area contributed by atoms with Crippen LogP contribution in [0.4, 0.5) is 0 Å². The lowest BCUT2D eigenvalue weighted by Crippen LogP contribution is -2.16. The molecule has 0 saturated heterocycles. The Morgan fingerprint density at radius 3 is 2.29 bits per heavy atom. The highest BCUT2D eigenvalue weighted by atomic mass is 32.2. The molecule has 0 radical (unpaired) electrons. The average Bonchev–Trinajstić information content (AvgIpc) is 2.49. The molecule has 6 heteroatoms. The van der Waals surface area contributed by atoms with Gasteiger partial charge in [0.2, 0.25) is 0 Å². The molecule has 21 heavy (non-hydrogen) atoms. The number of rotatable bonds is 6. The Balaban J connectivity index is 2.14. The lowest BCUT2D eigenvalue weighted by molar-refractivity contribution is 0.178. The molecular formula is C15H17NO4S. The summed E-state index contributed by atoms with van der Waals surface area (Å²) in [5, 5.41) is 12.7. The second-order valence-corrected chi connectivity index (χ2v) is 6.04. The zero-order chi connectivity index (χ0) is 15.3. The number of aliphatic hydroxyl groups is 1. The van der Waals surface area contributed by atoms with Crippen molar-refractivity contribution in [3.63, 3.8) is 0 Å². The van der Waals surface area contributed by atoms with Gasteiger partial charge in [0.15, 0.2) is 0 Å². The number of hydrogen-bond donors (Lipinski definition) is 2. The standard InChI is InChI=1S/C15H17NO4S/c1-16-11-15(17)12-7-9-13(10-8-12)20-21(18,19)14-5-3-2-4-6-14/h2-10,15-17H,11H2,1H3/t15-/m0/s1. The first-order valence-electron chi connectivity index (χ1n) is 6.45. The highest BCUT2D eigenvalue weighted by Gasteiger charge is 2.16. The molecule has 0 aliphatic heterocycles. The zero-order valence-corrected chi connectivity index (χ0v) is 12.4. The largest absolute Gasteiger partial charge is 0.387 e. The third-order valence-electron chi connectivity index (χ3n) is 2.90. The summed E-state index contributed by atoms with van der Waals surface area (Å²) in [4.78, 5) is 0.101. The van der Waals surface area contributed by atoms with E-state index in [4.69, 9.17) is 4.18 Å². The maximum atomic E-state index is 12.0. The smallest absolute Gasteiger partial charge is 0.339 e. The molecule has 0 spiro atoms. The van der Waals surface area contributed by atoms with Crippen molar-refractivity contribution in [1.29, 1.82) is 0 Å². The van der Waals surface area contributed by atoms with E-state index in [1.807, 2.05) is 0 Å². The van der Waals surface area contributed by atoms with Gasteiger partial charge in [0.1, 0.15) is 10.6 Å². The van der Waals surface area contributed by atoms with E-state index in [1.54, 1.807) is 37.4 Å². The number of benzene rings is 2. The van der Waals surface area contributed by atoms with Gasteiger partial charge >= 0.3 is 10.1 Å². The average molecular weight is 307 g/mol. The third-order valence-corrected chi connectivity index (χ3v) is 4.16. The molecule has 0 bridgehead atoms. The van der Waals surface area contributed by atoms with Crippen LogP contribution in [-0.4, -0.2) is 27.1 Å². The lowest BCUT2D eigenvalue weighted by Gasteiger charge is -2.11. The van der Waals surface area contributed by atoms with Gasteiger partial charge in [0.05, 0.1) is 6.10 Å². The summed E-state index contributed by atoms with van der Waals surface area (Å²) < 4.78 is 29.1. The van der Waals surface area contributed by atoms with E-state index >= 15 is 0 Å². The maximum Gasteiger partial charge on any atom is 0.339 e. The van der Waals surface area contributed by atoms with Crippen LogP contribution in [0.3, 0.4) is 0 Å². The van der Waals surface area contributed by atoms with E-state index < -0.39 is 16.2 Å². The summed E-state index contributed by atoms with van der Waals surface area (Å²) in [5.41, 5.74) is 0.689. The Labute approximate surface area is 124 Å². The van der Waals surface area contributed by atoms with Crippen LogP contribution in [0.1, 0.15) is 11.7 Å². The van der Waals surface area contributed by atoms with Gasteiger partial charge in [0, 0.05) is 6.54 Å². The first-order valence-corrected chi connectivity index (χ1v) is 7.86. The zero-order valence-electron chi connectivity index (χ0n) is 11.6. The Hall–Kier alpha value is -1.89. The number of nitrogens with one attached hydrogen (secondary N) is 1. The van der Waals surface area contributed by atoms with Crippen LogP contribution in [-0.2, 0) is 10.1 Å². The summed E-state index contributed by atoms with van der Waals surface area (Å²) in [6.07, 6.45) is -0.644. The van der Waals surface area contributed by atoms with Gasteiger partial charge in [-0.15, -0.1) is 0 Å². The molecule has 0 saturated carbocycles. The van der Waals surface area contributed by atoms with Crippen molar-refractivity contribution < 1.29 is 17.7 Å². The minimum atomic E-state index is -3.83. The van der Waals surface area contributed by atoms with Crippen molar-refractivity contribution in [3.8, 4) is 5.75 Å². The minimum absolute atomic E-state index is 0.101. The number of likely N-dealkylation sites (N-methyl/N-ethyl adjacent to an activating group) is 1. The maximum absolute atomic E-state index is 12.0. The topological polar surface area (TPSA) is 75.6 Å². The SMILES string of the molecule is CNC[C@H](O)c1ccc(OS(=O)(=O)c2ccccc2)cc1. The van der Waals surface area contributed by atoms with Crippen LogP contribution in [0.25, 0.3) is 0 Å². The van der Waals surface area contributed by atoms with Gasteiger partial charge in [-0.25, -0.2) is 0 Å². The molecular weight excluding hydrogens is 290 g/mol. The summed E-state index contributed by atoms with van der Waals surface area (Å²) in [6, 6.07) is 14.3. The van der Waals surface area contributed by atoms with E-state index in [9.17, 15) is 13.5 Å². The molecule has 2 rings (SSSR count). The Kier molecular flexibility index (Phi) is 4.95. The highest BCUT2D eigenvalue weighted by molar-refractivity contribution is 7.87. The molecule has 2 aromatic rings. The van der Waals surface area contributed by atoms with E-state index in [0.29, 0.717) is 12.1 Å². The van der Waals surface area contributed by atoms with Crippen LogP contribution >= 0.6 is 0 Å². The third kappa shape index (κ3) is 4.04. The van der Waals surface area contributed by atoms with Crippen LogP contribution in [0, 0.1) is 0 Å². The van der Waals surface area contributed by atoms with Crippen LogP contribution in [0.15, 0.2) is 59.5 Å². The second-order valence-electron chi connectivity index (χ2n) is 4.49. The van der Waals surface area contributed by atoms with Crippen LogP contribution < -0.4 is 9.50 Å². The number of hydrogen-bond acceptors (Lipinski definition) is 5. The van der Waals surface area contributed by atoms with Crippen LogP contribution in [0.2, 0.25) is 0 Å². The van der Waals surface area contributed by atoms with Gasteiger partial charge in [-0.1, -0.05) is 30.3 Å². The summed E-state index contributed by atoms with van der Waals surface area (Å²) in [6.45, 7) is 0.419. The Morgan fingerprint density at radius 1 is 1.10 bits per heavy atom. The fraction of sp³-hybridized carbons (Fsp3) is 0.200. The second kappa shape index (κ2) is 6.71. The van der Waals surface area contributed by atoms with Crippen LogP contribution in [0.5, 0.6) is 5.75 Å². The van der Waals surface area contributed by atoms with Crippen molar-refractivity contribution in [1.82, 2.24) is 5.32 Å². The molecule has 0 aliphatic carbocycles. The molecule has 0 fully saturated rings. The van der Waals surface area contributed by atoms with Crippen molar-refractivity contribution >= 4 is 10.1 Å². The van der Waals surface area contributed by atoms with E-state index in [2.05, 4.69) is 5.32 Å². The molecule has 2 N–H and O–H groups in total. The van der Waals surface area contributed by atoms with Crippen molar-refractivity contribution in [3.05, 3.63) is 60.2 Å². The minimum Gasteiger partial charge on any atom is -0.387 e. The quantitative estimate of drug-likeness (QED) is 0.795. The molecule has 1 atom stereocenters. The Bertz CT molecular complexity index is 669. The molecule has 0 unspecified atom stereocenters. The molecule has 112 valence electrons. The van der Waals surface area contributed by atoms with E-state index in [0.717, 1.165) is 0 Å². The van der Waals surface area contributed by atoms with E-state index in [-0.39, 0.29) is 10.6 Å². The number of aliphatic hydroxyl groups excluding tert-OH is 1. The van der Waals surface area contributed by atoms with Crippen molar-refractivity contribution in [2.45, 2.75) is 11.0 Å². The van der Waals surface area contributed by atoms with Gasteiger partial charge in [0.25, 0.3) is 0 Å². The monoisotopic (exact) mass is 307 g/mol. The normalized spacial score (nSPS) is 12.9.